The maximum absolute atomic E-state index is 12.0. The zero-order valence-electron chi connectivity index (χ0n) is 22.6. The van der Waals surface area contributed by atoms with Crippen LogP contribution in [0.3, 0.4) is 0 Å². The lowest BCUT2D eigenvalue weighted by atomic mass is 10.0. The predicted octanol–water partition coefficient (Wildman–Crippen LogP) is 6.94. The van der Waals surface area contributed by atoms with Gasteiger partial charge in [-0.15, -0.1) is 0 Å². The first kappa shape index (κ1) is 26.3. The average molecular weight is 561 g/mol. The fraction of sp³-hybridized carbons (Fsp3) is 0.121. The second-order valence-corrected chi connectivity index (χ2v) is 10.1. The molecule has 2 aromatic heterocycles. The van der Waals surface area contributed by atoms with Crippen LogP contribution in [0.5, 0.6) is 11.5 Å². The summed E-state index contributed by atoms with van der Waals surface area (Å²) < 4.78 is 13.1. The van der Waals surface area contributed by atoms with E-state index in [0.29, 0.717) is 10.7 Å². The van der Waals surface area contributed by atoms with Crippen molar-refractivity contribution in [3.05, 3.63) is 138 Å². The van der Waals surface area contributed by atoms with Gasteiger partial charge in [-0.25, -0.2) is 4.79 Å². The Bertz CT molecular complexity index is 1680. The molecule has 1 aliphatic rings. The Morgan fingerprint density at radius 1 is 0.878 bits per heavy atom. The number of thiocarbonyl (C=S) groups is 1. The molecule has 5 aromatic rings. The Morgan fingerprint density at radius 2 is 1.61 bits per heavy atom. The molecule has 2 unspecified atom stereocenters. The molecule has 0 amide bonds. The van der Waals surface area contributed by atoms with E-state index in [0.717, 1.165) is 39.8 Å². The summed E-state index contributed by atoms with van der Waals surface area (Å²) in [4.78, 5) is 18.8. The number of hydrogen-bond donors (Lipinski definition) is 1. The van der Waals surface area contributed by atoms with Gasteiger partial charge in [0, 0.05) is 29.5 Å². The van der Waals surface area contributed by atoms with Crippen LogP contribution in [0.15, 0.2) is 116 Å². The molecule has 0 radical (unpaired) electrons. The Morgan fingerprint density at radius 3 is 2.32 bits per heavy atom. The molecule has 1 fully saturated rings. The van der Waals surface area contributed by atoms with Crippen LogP contribution in [-0.4, -0.2) is 27.7 Å². The molecule has 1 aliphatic heterocycles. The molecular weight excluding hydrogens is 532 g/mol. The van der Waals surface area contributed by atoms with Gasteiger partial charge in [0.25, 0.3) is 0 Å². The predicted molar refractivity (Wildman–Crippen MR) is 163 cm³/mol. The van der Waals surface area contributed by atoms with Gasteiger partial charge in [0.2, 0.25) is 0 Å². The number of anilines is 1. The van der Waals surface area contributed by atoms with E-state index in [9.17, 15) is 4.79 Å². The highest BCUT2D eigenvalue weighted by molar-refractivity contribution is 7.80. The normalized spacial score (nSPS) is 16.3. The number of nitrogens with zero attached hydrogens (tertiary/aromatic N) is 3. The zero-order chi connectivity index (χ0) is 28.3. The van der Waals surface area contributed by atoms with Gasteiger partial charge in [-0.1, -0.05) is 24.3 Å². The van der Waals surface area contributed by atoms with E-state index in [1.165, 1.54) is 7.11 Å². The number of rotatable bonds is 7. The number of esters is 1. The van der Waals surface area contributed by atoms with Gasteiger partial charge in [0.05, 0.1) is 24.4 Å². The van der Waals surface area contributed by atoms with Crippen molar-refractivity contribution in [2.75, 3.05) is 12.0 Å². The topological polar surface area (TPSA) is 68.6 Å². The molecule has 204 valence electrons. The summed E-state index contributed by atoms with van der Waals surface area (Å²) in [5, 5.41) is 4.12. The van der Waals surface area contributed by atoms with Crippen LogP contribution in [0.25, 0.3) is 5.69 Å². The number of nitrogens with one attached hydrogen (secondary N) is 1. The molecule has 3 aromatic carbocycles. The number of benzene rings is 3. The van der Waals surface area contributed by atoms with Crippen LogP contribution >= 0.6 is 12.2 Å². The van der Waals surface area contributed by atoms with Gasteiger partial charge < -0.3 is 24.3 Å². The highest BCUT2D eigenvalue weighted by atomic mass is 32.1. The molecule has 0 bridgehead atoms. The van der Waals surface area contributed by atoms with Crippen LogP contribution in [-0.2, 0) is 4.74 Å². The Balaban J connectivity index is 1.38. The third kappa shape index (κ3) is 5.17. The van der Waals surface area contributed by atoms with Crippen LogP contribution in [0, 0.1) is 6.92 Å². The number of para-hydroxylation sites is 1. The first-order valence-electron chi connectivity index (χ1n) is 13.2. The van der Waals surface area contributed by atoms with Gasteiger partial charge in [-0.05, 0) is 104 Å². The summed E-state index contributed by atoms with van der Waals surface area (Å²) in [6.45, 7) is 2.03. The molecule has 0 aliphatic carbocycles. The first-order chi connectivity index (χ1) is 20.0. The molecule has 8 heteroatoms. The number of carbonyl (C=O) groups excluding carboxylic acids is 1. The summed E-state index contributed by atoms with van der Waals surface area (Å²) in [6.07, 6.45) is 3.80. The number of ether oxygens (including phenoxy) is 2. The van der Waals surface area contributed by atoms with E-state index < -0.39 is 0 Å². The largest absolute Gasteiger partial charge is 0.465 e. The highest BCUT2D eigenvalue weighted by Crippen LogP contribution is 2.42. The molecule has 3 heterocycles. The molecule has 0 saturated carbocycles. The third-order valence-corrected chi connectivity index (χ3v) is 7.50. The number of methoxy groups -OCH3 is 1. The molecular formula is C33H28N4O3S. The Labute approximate surface area is 244 Å². The summed E-state index contributed by atoms with van der Waals surface area (Å²) in [5.74, 6) is 1.20. The Kier molecular flexibility index (Phi) is 7.22. The number of carbonyl (C=O) groups is 1. The van der Waals surface area contributed by atoms with Crippen LogP contribution < -0.4 is 15.0 Å². The van der Waals surface area contributed by atoms with Crippen molar-refractivity contribution < 1.29 is 14.3 Å². The standard InChI is InChI=1S/C33H28N4O3S/c1-22-8-3-4-11-29(22)40-26-18-16-25(17-19-26)37-31(30(35-33(37)41)27-9-5-6-20-34-27)28-10-7-21-36(28)24-14-12-23(13-15-24)32(38)39-2/h3-21,30-31H,1-2H3,(H,35,41). The zero-order valence-corrected chi connectivity index (χ0v) is 23.4. The van der Waals surface area contributed by atoms with E-state index in [2.05, 4.69) is 25.8 Å². The minimum atomic E-state index is -0.370. The lowest BCUT2D eigenvalue weighted by Crippen LogP contribution is -2.30. The van der Waals surface area contributed by atoms with Gasteiger partial charge in [-0.2, -0.15) is 0 Å². The smallest absolute Gasteiger partial charge is 0.337 e. The van der Waals surface area contributed by atoms with Crippen molar-refractivity contribution in [3.8, 4) is 17.2 Å². The van der Waals surface area contributed by atoms with Crippen molar-refractivity contribution >= 4 is 29.0 Å². The molecule has 1 N–H and O–H groups in total. The maximum atomic E-state index is 12.0. The Hall–Kier alpha value is -4.95. The minimum absolute atomic E-state index is 0.199. The summed E-state index contributed by atoms with van der Waals surface area (Å²) in [5.41, 5.74) is 5.30. The number of aromatic nitrogens is 2. The number of hydrogen-bond acceptors (Lipinski definition) is 5. The van der Waals surface area contributed by atoms with Crippen molar-refractivity contribution in [3.63, 3.8) is 0 Å². The van der Waals surface area contributed by atoms with Gasteiger partial charge in [0.1, 0.15) is 17.5 Å². The fourth-order valence-electron chi connectivity index (χ4n) is 5.15. The second-order valence-electron chi connectivity index (χ2n) is 9.70. The van der Waals surface area contributed by atoms with Crippen LogP contribution in [0.1, 0.15) is 39.4 Å². The van der Waals surface area contributed by atoms with Gasteiger partial charge in [0.15, 0.2) is 5.11 Å². The second kappa shape index (κ2) is 11.3. The van der Waals surface area contributed by atoms with E-state index in [1.54, 1.807) is 18.3 Å². The van der Waals surface area contributed by atoms with Crippen molar-refractivity contribution in [1.82, 2.24) is 14.9 Å². The lowest BCUT2D eigenvalue weighted by molar-refractivity contribution is 0.0600. The lowest BCUT2D eigenvalue weighted by Gasteiger charge is -2.29. The van der Waals surface area contributed by atoms with Crippen molar-refractivity contribution in [2.24, 2.45) is 0 Å². The van der Waals surface area contributed by atoms with E-state index >= 15 is 0 Å². The quantitative estimate of drug-likeness (QED) is 0.171. The van der Waals surface area contributed by atoms with Crippen LogP contribution in [0.2, 0.25) is 0 Å². The number of pyridine rings is 1. The maximum Gasteiger partial charge on any atom is 0.337 e. The minimum Gasteiger partial charge on any atom is -0.465 e. The van der Waals surface area contributed by atoms with Crippen molar-refractivity contribution in [1.29, 1.82) is 0 Å². The summed E-state index contributed by atoms with van der Waals surface area (Å²) >= 11 is 5.92. The monoisotopic (exact) mass is 560 g/mol. The van der Waals surface area contributed by atoms with E-state index in [4.69, 9.17) is 21.7 Å². The molecule has 0 spiro atoms. The van der Waals surface area contributed by atoms with E-state index in [1.807, 2.05) is 98.0 Å². The molecule has 6 rings (SSSR count). The van der Waals surface area contributed by atoms with Crippen molar-refractivity contribution in [2.45, 2.75) is 19.0 Å². The first-order valence-corrected chi connectivity index (χ1v) is 13.6. The average Bonchev–Trinajstić information content (AvgIpc) is 3.63. The third-order valence-electron chi connectivity index (χ3n) is 7.18. The molecule has 2 atom stereocenters. The van der Waals surface area contributed by atoms with Crippen LogP contribution in [0.4, 0.5) is 5.69 Å². The highest BCUT2D eigenvalue weighted by Gasteiger charge is 2.42. The SMILES string of the molecule is COC(=O)c1ccc(-n2cccc2C2C(c3ccccn3)NC(=S)N2c2ccc(Oc3ccccc3C)cc2)cc1. The molecule has 41 heavy (non-hydrogen) atoms. The molecule has 7 nitrogen and oxygen atoms in total. The van der Waals surface area contributed by atoms with Gasteiger partial charge in [-0.3, -0.25) is 4.98 Å². The molecule has 1 saturated heterocycles. The summed E-state index contributed by atoms with van der Waals surface area (Å²) in [6, 6.07) is 32.8. The fourth-order valence-corrected chi connectivity index (χ4v) is 5.50. The number of aryl methyl sites for hydroxylation is 1. The van der Waals surface area contributed by atoms with E-state index in [-0.39, 0.29) is 18.1 Å². The van der Waals surface area contributed by atoms with Gasteiger partial charge >= 0.3 is 5.97 Å². The summed E-state index contributed by atoms with van der Waals surface area (Å²) in [7, 11) is 1.38.